The second-order valence-corrected chi connectivity index (χ2v) is 7.30. The Morgan fingerprint density at radius 1 is 1.45 bits per heavy atom. The van der Waals surface area contributed by atoms with Gasteiger partial charge in [-0.05, 0) is 30.0 Å². The van der Waals surface area contributed by atoms with E-state index in [2.05, 4.69) is 9.46 Å². The highest BCUT2D eigenvalue weighted by molar-refractivity contribution is 7.89. The molecule has 2 rings (SSSR count). The van der Waals surface area contributed by atoms with Crippen LogP contribution in [-0.2, 0) is 14.8 Å². The SMILES string of the molecule is COC(=O)c1cc(N)ccc1S(=O)(=O)NC1CC1(C)C. The van der Waals surface area contributed by atoms with E-state index >= 15 is 0 Å². The molecule has 0 spiro atoms. The van der Waals surface area contributed by atoms with Gasteiger partial charge in [-0.25, -0.2) is 17.9 Å². The van der Waals surface area contributed by atoms with Crippen LogP contribution in [0.1, 0.15) is 30.6 Å². The molecule has 6 nitrogen and oxygen atoms in total. The molecule has 0 heterocycles. The first-order chi connectivity index (χ1) is 9.17. The van der Waals surface area contributed by atoms with E-state index in [0.29, 0.717) is 5.69 Å². The largest absolute Gasteiger partial charge is 0.465 e. The van der Waals surface area contributed by atoms with Crippen LogP contribution in [0.3, 0.4) is 0 Å². The number of nitrogen functional groups attached to an aromatic ring is 1. The highest BCUT2D eigenvalue weighted by Crippen LogP contribution is 2.45. The molecule has 110 valence electrons. The maximum atomic E-state index is 12.4. The summed E-state index contributed by atoms with van der Waals surface area (Å²) in [5.74, 6) is -0.729. The third kappa shape index (κ3) is 2.78. The van der Waals surface area contributed by atoms with Crippen molar-refractivity contribution in [2.24, 2.45) is 5.41 Å². The Kier molecular flexibility index (Phi) is 3.51. The van der Waals surface area contributed by atoms with Crippen molar-refractivity contribution in [1.29, 1.82) is 0 Å². The molecular weight excluding hydrogens is 280 g/mol. The Hall–Kier alpha value is -1.60. The molecule has 0 amide bonds. The van der Waals surface area contributed by atoms with Crippen LogP contribution >= 0.6 is 0 Å². The van der Waals surface area contributed by atoms with Gasteiger partial charge in [0.25, 0.3) is 0 Å². The average Bonchev–Trinajstić information content (AvgIpc) is 2.93. The van der Waals surface area contributed by atoms with Gasteiger partial charge < -0.3 is 10.5 Å². The second kappa shape index (κ2) is 4.75. The predicted molar refractivity (Wildman–Crippen MR) is 74.7 cm³/mol. The first kappa shape index (κ1) is 14.8. The van der Waals surface area contributed by atoms with Gasteiger partial charge in [-0.15, -0.1) is 0 Å². The van der Waals surface area contributed by atoms with Crippen molar-refractivity contribution in [3.8, 4) is 0 Å². The first-order valence-electron chi connectivity index (χ1n) is 6.17. The van der Waals surface area contributed by atoms with Crippen LogP contribution in [-0.4, -0.2) is 27.5 Å². The van der Waals surface area contributed by atoms with Crippen molar-refractivity contribution in [3.63, 3.8) is 0 Å². The van der Waals surface area contributed by atoms with E-state index in [-0.39, 0.29) is 21.9 Å². The fraction of sp³-hybridized carbons (Fsp3) is 0.462. The van der Waals surface area contributed by atoms with Crippen molar-refractivity contribution in [2.75, 3.05) is 12.8 Å². The van der Waals surface area contributed by atoms with E-state index in [1.54, 1.807) is 0 Å². The number of hydrogen-bond acceptors (Lipinski definition) is 5. The van der Waals surface area contributed by atoms with Gasteiger partial charge in [0.2, 0.25) is 10.0 Å². The minimum atomic E-state index is -3.78. The summed E-state index contributed by atoms with van der Waals surface area (Å²) >= 11 is 0. The Bertz CT molecular complexity index is 652. The van der Waals surface area contributed by atoms with Gasteiger partial charge in [-0.3, -0.25) is 0 Å². The van der Waals surface area contributed by atoms with Crippen LogP contribution in [0.15, 0.2) is 23.1 Å². The lowest BCUT2D eigenvalue weighted by Gasteiger charge is -2.12. The predicted octanol–water partition coefficient (Wildman–Crippen LogP) is 1.13. The average molecular weight is 298 g/mol. The topological polar surface area (TPSA) is 98.5 Å². The number of benzene rings is 1. The van der Waals surface area contributed by atoms with E-state index in [0.717, 1.165) is 6.42 Å². The molecule has 1 aromatic carbocycles. The molecule has 1 aliphatic carbocycles. The van der Waals surface area contributed by atoms with Crippen molar-refractivity contribution < 1.29 is 17.9 Å². The second-order valence-electron chi connectivity index (χ2n) is 5.61. The lowest BCUT2D eigenvalue weighted by molar-refractivity contribution is 0.0596. The van der Waals surface area contributed by atoms with Gasteiger partial charge in [0.05, 0.1) is 17.6 Å². The standard InChI is InChI=1S/C13H18N2O4S/c1-13(2)7-11(13)15-20(17,18)10-5-4-8(14)6-9(10)12(16)19-3/h4-6,11,15H,7,14H2,1-3H3. The molecule has 1 aliphatic rings. The third-order valence-corrected chi connectivity index (χ3v) is 5.04. The van der Waals surface area contributed by atoms with Crippen molar-refractivity contribution >= 4 is 21.7 Å². The Labute approximate surface area is 118 Å². The summed E-state index contributed by atoms with van der Waals surface area (Å²) in [6.07, 6.45) is 0.773. The van der Waals surface area contributed by atoms with E-state index < -0.39 is 16.0 Å². The Morgan fingerprint density at radius 2 is 2.05 bits per heavy atom. The number of carbonyl (C=O) groups excluding carboxylic acids is 1. The molecule has 3 N–H and O–H groups in total. The van der Waals surface area contributed by atoms with Crippen molar-refractivity contribution in [1.82, 2.24) is 4.72 Å². The molecule has 0 radical (unpaired) electrons. The monoisotopic (exact) mass is 298 g/mol. The summed E-state index contributed by atoms with van der Waals surface area (Å²) in [4.78, 5) is 11.6. The molecule has 7 heteroatoms. The fourth-order valence-corrected chi connectivity index (χ4v) is 3.55. The highest BCUT2D eigenvalue weighted by Gasteiger charge is 2.48. The van der Waals surface area contributed by atoms with Crippen molar-refractivity contribution in [3.05, 3.63) is 23.8 Å². The molecular formula is C13H18N2O4S. The summed E-state index contributed by atoms with van der Waals surface area (Å²) in [6, 6.07) is 3.95. The smallest absolute Gasteiger partial charge is 0.339 e. The molecule has 0 aliphatic heterocycles. The van der Waals surface area contributed by atoms with Gasteiger partial charge in [0, 0.05) is 11.7 Å². The normalized spacial score (nSPS) is 20.4. The number of nitrogens with two attached hydrogens (primary N) is 1. The zero-order valence-electron chi connectivity index (χ0n) is 11.6. The van der Waals surface area contributed by atoms with E-state index in [4.69, 9.17) is 5.73 Å². The summed E-state index contributed by atoms with van der Waals surface area (Å²) in [5.41, 5.74) is 5.79. The molecule has 1 atom stereocenters. The number of esters is 1. The van der Waals surface area contributed by atoms with Crippen LogP contribution < -0.4 is 10.5 Å². The van der Waals surface area contributed by atoms with Gasteiger partial charge in [0.1, 0.15) is 0 Å². The van der Waals surface area contributed by atoms with Crippen LogP contribution in [0.4, 0.5) is 5.69 Å². The number of ether oxygens (including phenoxy) is 1. The number of rotatable bonds is 4. The number of hydrogen-bond donors (Lipinski definition) is 2. The number of carbonyl (C=O) groups is 1. The summed E-state index contributed by atoms with van der Waals surface area (Å²) in [6.45, 7) is 3.95. The maximum absolute atomic E-state index is 12.4. The lowest BCUT2D eigenvalue weighted by Crippen LogP contribution is -2.30. The highest BCUT2D eigenvalue weighted by atomic mass is 32.2. The number of anilines is 1. The zero-order valence-corrected chi connectivity index (χ0v) is 12.5. The van der Waals surface area contributed by atoms with E-state index in [1.807, 2.05) is 13.8 Å². The Morgan fingerprint density at radius 3 is 2.55 bits per heavy atom. The van der Waals surface area contributed by atoms with Gasteiger partial charge >= 0.3 is 5.97 Å². The van der Waals surface area contributed by atoms with E-state index in [1.165, 1.54) is 25.3 Å². The molecule has 1 aromatic rings. The first-order valence-corrected chi connectivity index (χ1v) is 7.66. The van der Waals surface area contributed by atoms with Crippen LogP contribution in [0.2, 0.25) is 0 Å². The van der Waals surface area contributed by atoms with Crippen LogP contribution in [0.25, 0.3) is 0 Å². The third-order valence-electron chi connectivity index (χ3n) is 3.51. The summed E-state index contributed by atoms with van der Waals surface area (Å²) < 4.78 is 31.9. The maximum Gasteiger partial charge on any atom is 0.339 e. The molecule has 0 aromatic heterocycles. The molecule has 20 heavy (non-hydrogen) atoms. The Balaban J connectivity index is 2.39. The molecule has 1 unspecified atom stereocenters. The van der Waals surface area contributed by atoms with Crippen LogP contribution in [0, 0.1) is 5.41 Å². The number of sulfonamides is 1. The minimum absolute atomic E-state index is 0.0493. The molecule has 0 bridgehead atoms. The van der Waals surface area contributed by atoms with Gasteiger partial charge in [-0.2, -0.15) is 0 Å². The minimum Gasteiger partial charge on any atom is -0.465 e. The number of nitrogens with one attached hydrogen (secondary N) is 1. The molecule has 0 saturated heterocycles. The van der Waals surface area contributed by atoms with Gasteiger partial charge in [-0.1, -0.05) is 13.8 Å². The quantitative estimate of drug-likeness (QED) is 0.641. The fourth-order valence-electron chi connectivity index (χ4n) is 1.97. The zero-order chi connectivity index (χ0) is 15.1. The molecule has 1 fully saturated rings. The molecule has 1 saturated carbocycles. The lowest BCUT2D eigenvalue weighted by atomic mass is 10.2. The van der Waals surface area contributed by atoms with Crippen LogP contribution in [0.5, 0.6) is 0 Å². The number of methoxy groups -OCH3 is 1. The van der Waals surface area contributed by atoms with E-state index in [9.17, 15) is 13.2 Å². The van der Waals surface area contributed by atoms with Gasteiger partial charge in [0.15, 0.2) is 0 Å². The summed E-state index contributed by atoms with van der Waals surface area (Å²) in [7, 11) is -2.58. The van der Waals surface area contributed by atoms with Crippen molar-refractivity contribution in [2.45, 2.75) is 31.2 Å². The summed E-state index contributed by atoms with van der Waals surface area (Å²) in [5, 5.41) is 0.